The van der Waals surface area contributed by atoms with Crippen LogP contribution in [-0.4, -0.2) is 140 Å². The summed E-state index contributed by atoms with van der Waals surface area (Å²) in [4.78, 5) is 13.2. The first-order valence-corrected chi connectivity index (χ1v) is 28.2. The summed E-state index contributed by atoms with van der Waals surface area (Å²) in [5, 5.41) is 87.0. The molecule has 2 fully saturated rings. The summed E-state index contributed by atoms with van der Waals surface area (Å²) in [6.45, 7) is 2.65. The van der Waals surface area contributed by atoms with Gasteiger partial charge in [-0.3, -0.25) is 4.79 Å². The minimum atomic E-state index is -1.79. The van der Waals surface area contributed by atoms with Gasteiger partial charge in [-0.1, -0.05) is 196 Å². The molecule has 0 aromatic heterocycles. The second-order valence-electron chi connectivity index (χ2n) is 19.7. The highest BCUT2D eigenvalue weighted by Gasteiger charge is 2.51. The molecular formula is C58H101NO13. The number of carbonyl (C=O) groups is 1. The molecule has 14 heteroatoms. The number of allylic oxidation sites excluding steroid dienone is 11. The lowest BCUT2D eigenvalue weighted by atomic mass is 9.97. The molecule has 416 valence electrons. The van der Waals surface area contributed by atoms with Gasteiger partial charge in [0.05, 0.1) is 32.0 Å². The Morgan fingerprint density at radius 2 is 0.958 bits per heavy atom. The standard InChI is InChI=1S/C58H101NO13/c1-3-5-7-9-11-13-15-17-19-21-23-25-27-29-31-33-35-37-39-41-47(62)46(59-50(63)42-40-38-36-34-32-30-28-26-24-22-20-18-16-14-12-10-8-6-4-2)45-69-57-55(68)53(66)56(49(44-61)71-57)72-58-54(67)52(65)51(64)48(43-60)70-58/h6,8,12,14,18,20,24,26,30,32,39,41,46-49,51-58,60-62,64-68H,3-5,7,9-11,13,15-17,19,21-23,25,27-29,31,33-38,40,42-45H2,1-2H3,(H,59,63)/b8-6-,14-12-,20-18-,26-24-,32-30-,41-39+. The Bertz CT molecular complexity index is 1480. The summed E-state index contributed by atoms with van der Waals surface area (Å²) in [7, 11) is 0. The van der Waals surface area contributed by atoms with Crippen LogP contribution in [0.4, 0.5) is 0 Å². The quantitative estimate of drug-likeness (QED) is 0.0206. The van der Waals surface area contributed by atoms with Crippen molar-refractivity contribution in [1.82, 2.24) is 5.32 Å². The molecule has 2 rings (SSSR count). The van der Waals surface area contributed by atoms with Gasteiger partial charge in [-0.05, 0) is 64.2 Å². The van der Waals surface area contributed by atoms with Crippen molar-refractivity contribution in [3.8, 4) is 0 Å². The first kappa shape index (κ1) is 65.5. The number of aliphatic hydroxyl groups is 8. The zero-order valence-electron chi connectivity index (χ0n) is 44.4. The highest BCUT2D eigenvalue weighted by atomic mass is 16.7. The zero-order valence-corrected chi connectivity index (χ0v) is 44.4. The summed E-state index contributed by atoms with van der Waals surface area (Å²) < 4.78 is 22.7. The van der Waals surface area contributed by atoms with Crippen molar-refractivity contribution in [3.05, 3.63) is 72.9 Å². The Morgan fingerprint density at radius 3 is 1.47 bits per heavy atom. The van der Waals surface area contributed by atoms with Gasteiger partial charge >= 0.3 is 0 Å². The third kappa shape index (κ3) is 29.5. The molecule has 2 saturated heterocycles. The van der Waals surface area contributed by atoms with Crippen LogP contribution in [0.3, 0.4) is 0 Å². The van der Waals surface area contributed by atoms with Crippen LogP contribution in [0.25, 0.3) is 0 Å². The predicted molar refractivity (Wildman–Crippen MR) is 286 cm³/mol. The first-order valence-electron chi connectivity index (χ1n) is 28.2. The molecule has 2 aliphatic heterocycles. The monoisotopic (exact) mass is 1020 g/mol. The van der Waals surface area contributed by atoms with Crippen molar-refractivity contribution in [3.63, 3.8) is 0 Å². The third-order valence-corrected chi connectivity index (χ3v) is 13.4. The summed E-state index contributed by atoms with van der Waals surface area (Å²) in [5.41, 5.74) is 0. The maximum absolute atomic E-state index is 13.2. The smallest absolute Gasteiger partial charge is 0.220 e. The van der Waals surface area contributed by atoms with E-state index in [0.29, 0.717) is 6.42 Å². The molecule has 9 N–H and O–H groups in total. The van der Waals surface area contributed by atoms with Gasteiger partial charge < -0.3 is 65.1 Å². The summed E-state index contributed by atoms with van der Waals surface area (Å²) >= 11 is 0. The SMILES string of the molecule is CC/C=C\C/C=C\C/C=C\C/C=C\C/C=C\CCCCCC(=O)NC(COC1OC(CO)C(OC2OC(CO)C(O)C(O)C2O)C(O)C1O)C(O)/C=C/CCCCCCCCCCCCCCCCCCC. The lowest BCUT2D eigenvalue weighted by Gasteiger charge is -2.46. The Morgan fingerprint density at radius 1 is 0.514 bits per heavy atom. The van der Waals surface area contributed by atoms with Gasteiger partial charge in [0.25, 0.3) is 0 Å². The van der Waals surface area contributed by atoms with Crippen LogP contribution in [0.15, 0.2) is 72.9 Å². The van der Waals surface area contributed by atoms with Crippen LogP contribution in [-0.2, 0) is 23.7 Å². The molecule has 12 atom stereocenters. The molecule has 0 aromatic carbocycles. The Kier molecular flexibility index (Phi) is 39.7. The number of hydrogen-bond acceptors (Lipinski definition) is 13. The number of aliphatic hydroxyl groups excluding tert-OH is 8. The van der Waals surface area contributed by atoms with Crippen molar-refractivity contribution >= 4 is 5.91 Å². The van der Waals surface area contributed by atoms with Crippen molar-refractivity contribution in [1.29, 1.82) is 0 Å². The second-order valence-corrected chi connectivity index (χ2v) is 19.7. The number of amides is 1. The van der Waals surface area contributed by atoms with Gasteiger partial charge in [-0.2, -0.15) is 0 Å². The average molecular weight is 1020 g/mol. The third-order valence-electron chi connectivity index (χ3n) is 13.4. The molecule has 0 radical (unpaired) electrons. The average Bonchev–Trinajstić information content (AvgIpc) is 3.38. The fourth-order valence-corrected chi connectivity index (χ4v) is 8.85. The van der Waals surface area contributed by atoms with Crippen molar-refractivity contribution in [2.75, 3.05) is 19.8 Å². The molecule has 12 unspecified atom stereocenters. The van der Waals surface area contributed by atoms with E-state index in [4.69, 9.17) is 18.9 Å². The number of ether oxygens (including phenoxy) is 4. The molecule has 0 saturated carbocycles. The Balaban J connectivity index is 1.83. The minimum Gasteiger partial charge on any atom is -0.394 e. The molecule has 0 bridgehead atoms. The van der Waals surface area contributed by atoms with Crippen LogP contribution in [0.1, 0.15) is 194 Å². The largest absolute Gasteiger partial charge is 0.394 e. The Hall–Kier alpha value is -2.57. The van der Waals surface area contributed by atoms with Gasteiger partial charge in [0.2, 0.25) is 5.91 Å². The van der Waals surface area contributed by atoms with E-state index in [0.717, 1.165) is 70.6 Å². The Labute approximate surface area is 434 Å². The maximum atomic E-state index is 13.2. The fraction of sp³-hybridized carbons (Fsp3) is 0.776. The van der Waals surface area contributed by atoms with E-state index in [-0.39, 0.29) is 18.9 Å². The summed E-state index contributed by atoms with van der Waals surface area (Å²) in [5.74, 6) is -0.273. The minimum absolute atomic E-state index is 0.239. The molecular weight excluding hydrogens is 919 g/mol. The lowest BCUT2D eigenvalue weighted by Crippen LogP contribution is -2.65. The van der Waals surface area contributed by atoms with Crippen LogP contribution in [0, 0.1) is 0 Å². The number of rotatable bonds is 43. The van der Waals surface area contributed by atoms with Crippen LogP contribution in [0.2, 0.25) is 0 Å². The number of hydrogen-bond donors (Lipinski definition) is 9. The summed E-state index contributed by atoms with van der Waals surface area (Å²) in [6.07, 6.45) is 39.3. The van der Waals surface area contributed by atoms with Gasteiger partial charge in [0.15, 0.2) is 12.6 Å². The van der Waals surface area contributed by atoms with Crippen LogP contribution in [0.5, 0.6) is 0 Å². The van der Waals surface area contributed by atoms with Gasteiger partial charge in [0.1, 0.15) is 48.8 Å². The van der Waals surface area contributed by atoms with E-state index in [9.17, 15) is 45.6 Å². The van der Waals surface area contributed by atoms with Crippen molar-refractivity contribution in [2.45, 2.75) is 267 Å². The number of nitrogens with one attached hydrogen (secondary N) is 1. The molecule has 14 nitrogen and oxygen atoms in total. The maximum Gasteiger partial charge on any atom is 0.220 e. The molecule has 0 aromatic rings. The van der Waals surface area contributed by atoms with Crippen molar-refractivity contribution in [2.24, 2.45) is 0 Å². The summed E-state index contributed by atoms with van der Waals surface area (Å²) in [6, 6.07) is -0.936. The van der Waals surface area contributed by atoms with E-state index in [1.54, 1.807) is 6.08 Å². The molecule has 2 heterocycles. The van der Waals surface area contributed by atoms with Gasteiger partial charge in [-0.15, -0.1) is 0 Å². The van der Waals surface area contributed by atoms with E-state index < -0.39 is 86.8 Å². The molecule has 0 spiro atoms. The van der Waals surface area contributed by atoms with Crippen LogP contribution >= 0.6 is 0 Å². The van der Waals surface area contributed by atoms with E-state index in [1.165, 1.54) is 96.3 Å². The van der Waals surface area contributed by atoms with E-state index >= 15 is 0 Å². The van der Waals surface area contributed by atoms with Crippen LogP contribution < -0.4 is 5.32 Å². The molecule has 0 aliphatic carbocycles. The van der Waals surface area contributed by atoms with Gasteiger partial charge in [-0.25, -0.2) is 0 Å². The first-order chi connectivity index (χ1) is 35.1. The van der Waals surface area contributed by atoms with Crippen molar-refractivity contribution < 1.29 is 64.6 Å². The molecule has 1 amide bonds. The normalized spacial score (nSPS) is 26.1. The fourth-order valence-electron chi connectivity index (χ4n) is 8.85. The van der Waals surface area contributed by atoms with Gasteiger partial charge in [0, 0.05) is 6.42 Å². The molecule has 72 heavy (non-hydrogen) atoms. The predicted octanol–water partition coefficient (Wildman–Crippen LogP) is 8.77. The highest BCUT2D eigenvalue weighted by Crippen LogP contribution is 2.30. The highest BCUT2D eigenvalue weighted by molar-refractivity contribution is 5.76. The van der Waals surface area contributed by atoms with E-state index in [1.807, 2.05) is 6.08 Å². The zero-order chi connectivity index (χ0) is 52.4. The second kappa shape index (κ2) is 43.6. The lowest BCUT2D eigenvalue weighted by molar-refractivity contribution is -0.359. The number of unbranched alkanes of at least 4 members (excludes halogenated alkanes) is 20. The number of carbonyl (C=O) groups excluding carboxylic acids is 1. The topological polar surface area (TPSA) is 228 Å². The van der Waals surface area contributed by atoms with E-state index in [2.05, 4.69) is 79.9 Å². The molecule has 2 aliphatic rings.